The Morgan fingerprint density at radius 2 is 1.92 bits per heavy atom. The Labute approximate surface area is 71.3 Å². The molecule has 0 atom stereocenters. The number of nitrogens with one attached hydrogen (secondary N) is 3. The van der Waals surface area contributed by atoms with Crippen LogP contribution in [0.5, 0.6) is 0 Å². The van der Waals surface area contributed by atoms with E-state index in [1.54, 1.807) is 0 Å². The highest BCUT2D eigenvalue weighted by Gasteiger charge is 1.93. The van der Waals surface area contributed by atoms with Gasteiger partial charge in [-0.15, -0.1) is 0 Å². The lowest BCUT2D eigenvalue weighted by molar-refractivity contribution is 1.01. The number of guanidine groups is 1. The molecule has 0 amide bonds. The second-order valence-electron chi connectivity index (χ2n) is 2.34. The Bertz CT molecular complexity index is 265. The lowest BCUT2D eigenvalue weighted by atomic mass is 10.2. The molecule has 0 aliphatic carbocycles. The van der Waals surface area contributed by atoms with Gasteiger partial charge >= 0.3 is 0 Å². The third kappa shape index (κ3) is 2.25. The molecule has 0 saturated carbocycles. The molecule has 0 spiro atoms. The van der Waals surface area contributed by atoms with Crippen LogP contribution in [0.15, 0.2) is 24.3 Å². The number of benzene rings is 1. The van der Waals surface area contributed by atoms with E-state index in [0.717, 1.165) is 11.3 Å². The molecule has 0 saturated heterocycles. The predicted octanol–water partition coefficient (Wildman–Crippen LogP) is 0.679. The summed E-state index contributed by atoms with van der Waals surface area (Å²) in [4.78, 5) is 0. The van der Waals surface area contributed by atoms with E-state index in [0.29, 0.717) is 0 Å². The van der Waals surface area contributed by atoms with Crippen molar-refractivity contribution in [1.29, 1.82) is 5.41 Å². The van der Waals surface area contributed by atoms with E-state index in [4.69, 9.17) is 11.3 Å². The lowest BCUT2D eigenvalue weighted by Crippen LogP contribution is -2.35. The van der Waals surface area contributed by atoms with E-state index in [1.165, 1.54) is 0 Å². The molecular weight excluding hydrogens is 152 g/mol. The van der Waals surface area contributed by atoms with E-state index in [2.05, 4.69) is 17.7 Å². The largest absolute Gasteiger partial charge is 0.325 e. The van der Waals surface area contributed by atoms with E-state index in [1.807, 2.05) is 24.3 Å². The van der Waals surface area contributed by atoms with Gasteiger partial charge in [-0.2, -0.15) is 0 Å². The second-order valence-corrected chi connectivity index (χ2v) is 2.34. The van der Waals surface area contributed by atoms with Crippen LogP contribution < -0.4 is 16.6 Å². The molecule has 0 aliphatic rings. The van der Waals surface area contributed by atoms with Gasteiger partial charge in [0.1, 0.15) is 0 Å². The average Bonchev–Trinajstić information content (AvgIpc) is 2.09. The molecule has 0 heterocycles. The van der Waals surface area contributed by atoms with Gasteiger partial charge in [-0.1, -0.05) is 12.1 Å². The van der Waals surface area contributed by atoms with Gasteiger partial charge in [-0.25, -0.2) is 5.84 Å². The summed E-state index contributed by atoms with van der Waals surface area (Å²) in [7, 11) is 0. The van der Waals surface area contributed by atoms with Crippen molar-refractivity contribution in [2.75, 3.05) is 5.32 Å². The fraction of sp³-hybridized carbons (Fsp3) is 0. The number of rotatable bonds is 1. The quantitative estimate of drug-likeness (QED) is 0.213. The Balaban J connectivity index is 2.64. The van der Waals surface area contributed by atoms with E-state index in [9.17, 15) is 0 Å². The zero-order valence-corrected chi connectivity index (χ0v) is 6.59. The Morgan fingerprint density at radius 1 is 1.33 bits per heavy atom. The first-order valence-corrected chi connectivity index (χ1v) is 3.46. The molecule has 0 unspecified atom stereocenters. The van der Waals surface area contributed by atoms with E-state index in [-0.39, 0.29) is 5.96 Å². The van der Waals surface area contributed by atoms with E-state index < -0.39 is 0 Å². The monoisotopic (exact) mass is 163 g/mol. The van der Waals surface area contributed by atoms with Crippen LogP contribution in [0, 0.1) is 12.3 Å². The first-order valence-electron chi connectivity index (χ1n) is 3.46. The Hall–Kier alpha value is -1.55. The first-order chi connectivity index (χ1) is 5.72. The number of hydrogen-bond donors (Lipinski definition) is 4. The topological polar surface area (TPSA) is 73.9 Å². The minimum Gasteiger partial charge on any atom is -0.325 e. The maximum Gasteiger partial charge on any atom is 0.207 e. The molecule has 4 heteroatoms. The maximum atomic E-state index is 7.17. The molecule has 12 heavy (non-hydrogen) atoms. The highest BCUT2D eigenvalue weighted by atomic mass is 15.3. The normalized spacial score (nSPS) is 9.17. The summed E-state index contributed by atoms with van der Waals surface area (Å²) < 4.78 is 0. The predicted molar refractivity (Wildman–Crippen MR) is 49.6 cm³/mol. The van der Waals surface area contributed by atoms with Gasteiger partial charge in [0.15, 0.2) is 0 Å². The number of nitrogens with two attached hydrogens (primary N) is 1. The fourth-order valence-corrected chi connectivity index (χ4v) is 0.769. The van der Waals surface area contributed by atoms with Crippen LogP contribution in [-0.2, 0) is 0 Å². The molecule has 1 rings (SSSR count). The fourth-order valence-electron chi connectivity index (χ4n) is 0.769. The average molecular weight is 163 g/mol. The van der Waals surface area contributed by atoms with Gasteiger partial charge in [0.25, 0.3) is 0 Å². The van der Waals surface area contributed by atoms with Crippen molar-refractivity contribution in [3.8, 4) is 0 Å². The summed E-state index contributed by atoms with van der Waals surface area (Å²) in [6, 6.07) is 7.36. The van der Waals surface area contributed by atoms with Crippen molar-refractivity contribution < 1.29 is 0 Å². The molecular formula is C8H11N4. The molecule has 1 aromatic carbocycles. The molecule has 0 fully saturated rings. The maximum absolute atomic E-state index is 7.17. The summed E-state index contributed by atoms with van der Waals surface area (Å²) in [6.45, 7) is 3.74. The van der Waals surface area contributed by atoms with Gasteiger partial charge < -0.3 is 5.32 Å². The zero-order chi connectivity index (χ0) is 8.97. The van der Waals surface area contributed by atoms with Gasteiger partial charge in [-0.05, 0) is 24.6 Å². The summed E-state index contributed by atoms with van der Waals surface area (Å²) in [5.41, 5.74) is 3.93. The molecule has 1 radical (unpaired) electrons. The summed E-state index contributed by atoms with van der Waals surface area (Å²) >= 11 is 0. The number of hydrogen-bond acceptors (Lipinski definition) is 2. The van der Waals surface area contributed by atoms with Crippen molar-refractivity contribution in [2.24, 2.45) is 5.84 Å². The van der Waals surface area contributed by atoms with Gasteiger partial charge in [0.2, 0.25) is 5.96 Å². The third-order valence-electron chi connectivity index (χ3n) is 1.37. The van der Waals surface area contributed by atoms with Crippen LogP contribution >= 0.6 is 0 Å². The number of anilines is 1. The lowest BCUT2D eigenvalue weighted by Gasteiger charge is -2.05. The van der Waals surface area contributed by atoms with Crippen LogP contribution in [0.25, 0.3) is 0 Å². The molecule has 0 aromatic heterocycles. The smallest absolute Gasteiger partial charge is 0.207 e. The summed E-state index contributed by atoms with van der Waals surface area (Å²) in [6.07, 6.45) is 0. The zero-order valence-electron chi connectivity index (χ0n) is 6.59. The van der Waals surface area contributed by atoms with Crippen LogP contribution in [0.4, 0.5) is 5.69 Å². The third-order valence-corrected chi connectivity index (χ3v) is 1.37. The molecule has 4 nitrogen and oxygen atoms in total. The standard InChI is InChI=1S/C8H11N4/c1-6-2-4-7(5-3-6)11-8(9)12-10/h2-5H,1,10H2,(H3,9,11,12). The molecule has 0 aliphatic heterocycles. The van der Waals surface area contributed by atoms with Crippen molar-refractivity contribution in [3.05, 3.63) is 36.8 Å². The van der Waals surface area contributed by atoms with Crippen molar-refractivity contribution in [2.45, 2.75) is 0 Å². The highest BCUT2D eigenvalue weighted by molar-refractivity contribution is 5.90. The van der Waals surface area contributed by atoms with Crippen molar-refractivity contribution in [1.82, 2.24) is 5.43 Å². The van der Waals surface area contributed by atoms with Crippen molar-refractivity contribution >= 4 is 11.6 Å². The van der Waals surface area contributed by atoms with Crippen LogP contribution in [0.3, 0.4) is 0 Å². The van der Waals surface area contributed by atoms with Crippen LogP contribution in [0.2, 0.25) is 0 Å². The van der Waals surface area contributed by atoms with Crippen LogP contribution in [-0.4, -0.2) is 5.96 Å². The van der Waals surface area contributed by atoms with Crippen molar-refractivity contribution in [3.63, 3.8) is 0 Å². The Kier molecular flexibility index (Phi) is 2.66. The molecule has 0 bridgehead atoms. The van der Waals surface area contributed by atoms with Gasteiger partial charge in [0.05, 0.1) is 0 Å². The van der Waals surface area contributed by atoms with Gasteiger partial charge in [0, 0.05) is 5.69 Å². The van der Waals surface area contributed by atoms with E-state index >= 15 is 0 Å². The minimum atomic E-state index is 0.0619. The SMILES string of the molecule is [CH2]c1ccc(NC(=N)NN)cc1. The van der Waals surface area contributed by atoms with Crippen LogP contribution in [0.1, 0.15) is 5.56 Å². The first kappa shape index (κ1) is 8.55. The Morgan fingerprint density at radius 3 is 2.42 bits per heavy atom. The molecule has 5 N–H and O–H groups in total. The molecule has 1 aromatic rings. The minimum absolute atomic E-state index is 0.0619. The summed E-state index contributed by atoms with van der Waals surface area (Å²) in [5.74, 6) is 5.06. The highest BCUT2D eigenvalue weighted by Crippen LogP contribution is 2.07. The molecule has 63 valence electrons. The van der Waals surface area contributed by atoms with Gasteiger partial charge in [-0.3, -0.25) is 10.8 Å². The number of hydrazine groups is 1. The summed E-state index contributed by atoms with van der Waals surface area (Å²) in [5, 5.41) is 9.90. The second kappa shape index (κ2) is 3.73.